The number of carbonyl (C=O) groups is 2. The molecule has 37 heavy (non-hydrogen) atoms. The molecule has 2 atom stereocenters. The van der Waals surface area contributed by atoms with Gasteiger partial charge in [0.15, 0.2) is 10.2 Å². The predicted molar refractivity (Wildman–Crippen MR) is 137 cm³/mol. The van der Waals surface area contributed by atoms with Crippen LogP contribution >= 0.6 is 12.2 Å². The van der Waals surface area contributed by atoms with Crippen molar-refractivity contribution in [3.8, 4) is 17.7 Å². The number of esters is 1. The van der Waals surface area contributed by atoms with Gasteiger partial charge in [0.05, 0.1) is 11.3 Å². The van der Waals surface area contributed by atoms with Crippen molar-refractivity contribution in [2.75, 3.05) is 4.90 Å². The van der Waals surface area contributed by atoms with E-state index in [4.69, 9.17) is 27.4 Å². The molecule has 0 unspecified atom stereocenters. The fraction of sp³-hybridized carbons (Fsp3) is 0.259. The zero-order valence-electron chi connectivity index (χ0n) is 20.3. The number of ether oxygens (including phenoxy) is 2. The van der Waals surface area contributed by atoms with Crippen molar-refractivity contribution in [1.82, 2.24) is 9.97 Å². The van der Waals surface area contributed by atoms with E-state index in [0.29, 0.717) is 28.9 Å². The van der Waals surface area contributed by atoms with Gasteiger partial charge in [-0.25, -0.2) is 4.79 Å². The summed E-state index contributed by atoms with van der Waals surface area (Å²) in [4.78, 5) is 35.2. The monoisotopic (exact) mass is 513 g/mol. The number of aromatic amines is 2. The quantitative estimate of drug-likeness (QED) is 0.264. The van der Waals surface area contributed by atoms with Crippen LogP contribution in [0.4, 0.5) is 5.69 Å². The minimum Gasteiger partial charge on any atom is -0.423 e. The van der Waals surface area contributed by atoms with Crippen LogP contribution in [0.3, 0.4) is 0 Å². The molecule has 3 aromatic rings. The Bertz CT molecular complexity index is 1650. The summed E-state index contributed by atoms with van der Waals surface area (Å²) in [5.41, 5.74) is 6.65. The summed E-state index contributed by atoms with van der Waals surface area (Å²) in [6, 6.07) is 14.2. The van der Waals surface area contributed by atoms with E-state index in [1.54, 1.807) is 41.3 Å². The molecule has 10 heteroatoms. The van der Waals surface area contributed by atoms with Crippen LogP contribution < -0.4 is 20.1 Å². The van der Waals surface area contributed by atoms with Gasteiger partial charge in [0.2, 0.25) is 17.7 Å². The van der Waals surface area contributed by atoms with Crippen molar-refractivity contribution in [3.63, 3.8) is 0 Å². The van der Waals surface area contributed by atoms with E-state index in [1.165, 1.54) is 0 Å². The first kappa shape index (κ1) is 23.1. The molecule has 2 aromatic carbocycles. The molecule has 0 bridgehead atoms. The van der Waals surface area contributed by atoms with Crippen molar-refractivity contribution in [1.29, 1.82) is 5.26 Å². The highest BCUT2D eigenvalue weighted by atomic mass is 32.1. The maximum atomic E-state index is 14.6. The summed E-state index contributed by atoms with van der Waals surface area (Å²) in [5.74, 6) is -0.603. The Hall–Kier alpha value is -4.36. The molecule has 1 aromatic heterocycles. The number of amides is 1. The minimum absolute atomic E-state index is 0.0363. The van der Waals surface area contributed by atoms with E-state index in [0.717, 1.165) is 5.56 Å². The first-order valence-electron chi connectivity index (χ1n) is 11.8. The molecule has 186 valence electrons. The highest BCUT2D eigenvalue weighted by Crippen LogP contribution is 2.61. The number of H-pyrrole nitrogens is 2. The van der Waals surface area contributed by atoms with Crippen molar-refractivity contribution in [2.24, 2.45) is 5.73 Å². The molecule has 3 aliphatic heterocycles. The second-order valence-corrected chi connectivity index (χ2v) is 10.6. The summed E-state index contributed by atoms with van der Waals surface area (Å²) in [5, 5.41) is 10.3. The molecule has 0 fully saturated rings. The van der Waals surface area contributed by atoms with Crippen LogP contribution in [0.15, 0.2) is 53.9 Å². The Morgan fingerprint density at radius 1 is 1.27 bits per heavy atom. The van der Waals surface area contributed by atoms with Crippen LogP contribution in [0.25, 0.3) is 0 Å². The molecule has 0 saturated carbocycles. The zero-order valence-corrected chi connectivity index (χ0v) is 21.2. The first-order chi connectivity index (χ1) is 17.6. The number of carbonyl (C=O) groups excluding carboxylic acids is 2. The van der Waals surface area contributed by atoms with Gasteiger partial charge < -0.3 is 30.1 Å². The number of nitrogens with one attached hydrogen (secondary N) is 2. The van der Waals surface area contributed by atoms with E-state index >= 15 is 0 Å². The van der Waals surface area contributed by atoms with Crippen LogP contribution in [0.1, 0.15) is 60.3 Å². The van der Waals surface area contributed by atoms with Gasteiger partial charge in [-0.15, -0.1) is 0 Å². The van der Waals surface area contributed by atoms with Gasteiger partial charge in [-0.3, -0.25) is 4.79 Å². The highest BCUT2D eigenvalue weighted by molar-refractivity contribution is 7.71. The maximum Gasteiger partial charge on any atom is 0.343 e. The minimum atomic E-state index is -1.65. The molecular formula is C27H23N5O4S. The predicted octanol–water partition coefficient (Wildman–Crippen LogP) is 4.30. The summed E-state index contributed by atoms with van der Waals surface area (Å²) in [7, 11) is 0. The third kappa shape index (κ3) is 2.98. The average molecular weight is 514 g/mol. The van der Waals surface area contributed by atoms with Crippen LogP contribution in [0.5, 0.6) is 11.6 Å². The number of fused-ring (bicyclic) bond motifs is 3. The van der Waals surface area contributed by atoms with Crippen molar-refractivity contribution < 1.29 is 19.1 Å². The molecule has 4 heterocycles. The first-order valence-corrected chi connectivity index (χ1v) is 12.2. The van der Waals surface area contributed by atoms with Crippen molar-refractivity contribution in [3.05, 3.63) is 81.1 Å². The number of nitrogens with two attached hydrogens (primary N) is 1. The second-order valence-electron chi connectivity index (χ2n) is 10.2. The lowest BCUT2D eigenvalue weighted by molar-refractivity contribution is -0.122. The summed E-state index contributed by atoms with van der Waals surface area (Å²) >= 11 is 5.32. The third-order valence-electron chi connectivity index (χ3n) is 7.44. The van der Waals surface area contributed by atoms with Crippen LogP contribution in [0.2, 0.25) is 0 Å². The van der Waals surface area contributed by atoms with Gasteiger partial charge in [0, 0.05) is 11.1 Å². The number of nitriles is 1. The third-order valence-corrected chi connectivity index (χ3v) is 7.64. The van der Waals surface area contributed by atoms with Crippen molar-refractivity contribution in [2.45, 2.75) is 44.1 Å². The molecule has 6 rings (SSSR count). The normalized spacial score (nSPS) is 22.8. The lowest BCUT2D eigenvalue weighted by atomic mass is 9.71. The molecule has 1 spiro atoms. The Kier molecular flexibility index (Phi) is 4.72. The van der Waals surface area contributed by atoms with Gasteiger partial charge in [0.1, 0.15) is 23.1 Å². The number of aromatic nitrogens is 2. The highest BCUT2D eigenvalue weighted by Gasteiger charge is 2.64. The van der Waals surface area contributed by atoms with E-state index in [1.807, 2.05) is 19.9 Å². The molecular weight excluding hydrogens is 490 g/mol. The molecule has 0 aliphatic carbocycles. The largest absolute Gasteiger partial charge is 0.423 e. The maximum absolute atomic E-state index is 14.6. The van der Waals surface area contributed by atoms with E-state index in [2.05, 4.69) is 23.0 Å². The summed E-state index contributed by atoms with van der Waals surface area (Å²) < 4.78 is 11.7. The SMILES string of the molecule is C[C@H]1CC(C)(C)N2C(=O)[C@]3(C(C#N)=C(N)Oc4[nH]c(=S)[nH]c43)c3cc(OC(=O)c4ccccc4)cc1c32. The number of imidazole rings is 1. The zero-order chi connectivity index (χ0) is 26.3. The lowest BCUT2D eigenvalue weighted by Gasteiger charge is -2.44. The number of hydrogen-bond acceptors (Lipinski definition) is 7. The molecule has 9 nitrogen and oxygen atoms in total. The lowest BCUT2D eigenvalue weighted by Crippen LogP contribution is -2.54. The van der Waals surface area contributed by atoms with E-state index in [-0.39, 0.29) is 39.7 Å². The molecule has 1 amide bonds. The van der Waals surface area contributed by atoms with E-state index < -0.39 is 16.9 Å². The van der Waals surface area contributed by atoms with Gasteiger partial charge >= 0.3 is 5.97 Å². The smallest absolute Gasteiger partial charge is 0.343 e. The topological polar surface area (TPSA) is 137 Å². The Morgan fingerprint density at radius 2 is 2.00 bits per heavy atom. The summed E-state index contributed by atoms with van der Waals surface area (Å²) in [6.45, 7) is 6.06. The van der Waals surface area contributed by atoms with E-state index in [9.17, 15) is 14.9 Å². The van der Waals surface area contributed by atoms with Gasteiger partial charge in [0.25, 0.3) is 0 Å². The molecule has 0 saturated heterocycles. The summed E-state index contributed by atoms with van der Waals surface area (Å²) in [6.07, 6.45) is 0.658. The Balaban J connectivity index is 1.66. The number of anilines is 1. The fourth-order valence-corrected chi connectivity index (χ4v) is 6.25. The second kappa shape index (κ2) is 7.57. The number of hydrogen-bond donors (Lipinski definition) is 3. The van der Waals surface area contributed by atoms with Crippen LogP contribution in [-0.4, -0.2) is 27.4 Å². The number of benzene rings is 2. The molecule has 4 N–H and O–H groups in total. The average Bonchev–Trinajstić information content (AvgIpc) is 3.34. The molecule has 3 aliphatic rings. The Labute approximate surface area is 217 Å². The van der Waals surface area contributed by atoms with Crippen LogP contribution in [0, 0.1) is 16.1 Å². The van der Waals surface area contributed by atoms with Gasteiger partial charge in [-0.05, 0) is 68.2 Å². The number of rotatable bonds is 2. The standard InChI is InChI=1S/C27H23N5O4S/c1-13-11-26(2,3)32-19-16(13)9-15(35-23(33)14-7-5-4-6-8-14)10-17(19)27(24(32)34)18(12-28)21(29)36-22-20(27)30-25(37)31-22/h4-10,13H,11,29H2,1-3H3,(H2,30,31,37)/t13-,27-/m0/s1. The van der Waals surface area contributed by atoms with Crippen molar-refractivity contribution >= 4 is 29.8 Å². The van der Waals surface area contributed by atoms with Crippen LogP contribution in [-0.2, 0) is 10.2 Å². The van der Waals surface area contributed by atoms with Gasteiger partial charge in [-0.1, -0.05) is 25.1 Å². The fourth-order valence-electron chi connectivity index (χ4n) is 6.05. The number of nitrogens with zero attached hydrogens (tertiary/aromatic N) is 2. The molecule has 0 radical (unpaired) electrons. The Morgan fingerprint density at radius 3 is 2.70 bits per heavy atom. The van der Waals surface area contributed by atoms with Gasteiger partial charge in [-0.2, -0.15) is 5.26 Å².